The molecule has 3 aromatic rings. The first kappa shape index (κ1) is 17.4. The van der Waals surface area contributed by atoms with E-state index in [1.54, 1.807) is 10.9 Å². The van der Waals surface area contributed by atoms with Crippen molar-refractivity contribution in [3.05, 3.63) is 76.8 Å². The Morgan fingerprint density at radius 1 is 0.960 bits per heavy atom. The van der Waals surface area contributed by atoms with Crippen LogP contribution in [0.15, 0.2) is 65.7 Å². The molecule has 0 aliphatic heterocycles. The number of para-hydroxylation sites is 1. The van der Waals surface area contributed by atoms with E-state index in [0.717, 1.165) is 36.2 Å². The molecule has 3 rings (SSSR count). The molecule has 130 valence electrons. The smallest absolute Gasteiger partial charge is 0.261 e. The number of fused-ring (bicyclic) bond motifs is 1. The second-order valence-electron chi connectivity index (χ2n) is 6.60. The van der Waals surface area contributed by atoms with Gasteiger partial charge in [0.1, 0.15) is 6.54 Å². The van der Waals surface area contributed by atoms with Gasteiger partial charge in [-0.25, -0.2) is 4.98 Å². The van der Waals surface area contributed by atoms with Crippen LogP contribution in [-0.2, 0) is 13.1 Å². The highest BCUT2D eigenvalue weighted by atomic mass is 16.1. The molecule has 0 bridgehead atoms. The Morgan fingerprint density at radius 2 is 1.64 bits per heavy atom. The largest absolute Gasteiger partial charge is 0.319 e. The summed E-state index contributed by atoms with van der Waals surface area (Å²) in [4.78, 5) is 17.1. The van der Waals surface area contributed by atoms with Crippen molar-refractivity contribution < 1.29 is 4.48 Å². The number of quaternary nitrogens is 1. The molecule has 0 aliphatic carbocycles. The average Bonchev–Trinajstić information content (AvgIpc) is 2.67. The maximum atomic E-state index is 12.7. The Labute approximate surface area is 149 Å². The Morgan fingerprint density at radius 3 is 2.36 bits per heavy atom. The van der Waals surface area contributed by atoms with Crippen molar-refractivity contribution in [3.63, 3.8) is 0 Å². The lowest BCUT2D eigenvalue weighted by Gasteiger charge is -2.37. The first-order valence-corrected chi connectivity index (χ1v) is 9.00. The Hall–Kier alpha value is -2.46. The third-order valence-electron chi connectivity index (χ3n) is 5.25. The van der Waals surface area contributed by atoms with E-state index in [-0.39, 0.29) is 5.56 Å². The van der Waals surface area contributed by atoms with E-state index >= 15 is 0 Å². The molecule has 1 aromatic heterocycles. The minimum Gasteiger partial charge on any atom is -0.319 e. The molecule has 0 aliphatic rings. The van der Waals surface area contributed by atoms with Gasteiger partial charge in [0.2, 0.25) is 0 Å². The van der Waals surface area contributed by atoms with Crippen LogP contribution in [0.5, 0.6) is 0 Å². The van der Waals surface area contributed by atoms with Gasteiger partial charge >= 0.3 is 0 Å². The molecule has 0 N–H and O–H groups in total. The van der Waals surface area contributed by atoms with Gasteiger partial charge in [-0.1, -0.05) is 42.5 Å². The quantitative estimate of drug-likeness (QED) is 0.619. The van der Waals surface area contributed by atoms with Gasteiger partial charge in [0.15, 0.2) is 0 Å². The zero-order chi connectivity index (χ0) is 17.7. The van der Waals surface area contributed by atoms with Crippen molar-refractivity contribution in [1.29, 1.82) is 0 Å². The van der Waals surface area contributed by atoms with Crippen molar-refractivity contribution in [2.75, 3.05) is 19.6 Å². The molecule has 4 nitrogen and oxygen atoms in total. The monoisotopic (exact) mass is 336 g/mol. The van der Waals surface area contributed by atoms with E-state index in [2.05, 4.69) is 49.2 Å². The van der Waals surface area contributed by atoms with Crippen LogP contribution >= 0.6 is 0 Å². The van der Waals surface area contributed by atoms with Crippen molar-refractivity contribution in [1.82, 2.24) is 9.55 Å². The first-order chi connectivity index (χ1) is 12.2. The Kier molecular flexibility index (Phi) is 5.29. The molecule has 1 heterocycles. The van der Waals surface area contributed by atoms with Gasteiger partial charge in [-0.05, 0) is 26.0 Å². The fraction of sp³-hybridized carbons (Fsp3) is 0.333. The number of hydrogen-bond donors (Lipinski definition) is 0. The number of hydrogen-bond acceptors (Lipinski definition) is 2. The summed E-state index contributed by atoms with van der Waals surface area (Å²) in [5.41, 5.74) is 2.16. The summed E-state index contributed by atoms with van der Waals surface area (Å²) < 4.78 is 2.72. The van der Waals surface area contributed by atoms with E-state index in [4.69, 9.17) is 0 Å². The van der Waals surface area contributed by atoms with E-state index in [1.165, 1.54) is 5.56 Å². The van der Waals surface area contributed by atoms with Crippen molar-refractivity contribution in [2.24, 2.45) is 0 Å². The van der Waals surface area contributed by atoms with Gasteiger partial charge in [0, 0.05) is 5.56 Å². The van der Waals surface area contributed by atoms with Crippen LogP contribution in [0.1, 0.15) is 19.4 Å². The zero-order valence-electron chi connectivity index (χ0n) is 15.1. The van der Waals surface area contributed by atoms with E-state index in [9.17, 15) is 4.79 Å². The summed E-state index contributed by atoms with van der Waals surface area (Å²) in [6, 6.07) is 18.1. The SMILES string of the molecule is CC[N+](CC)(CCn1cnc2ccccc2c1=O)Cc1ccccc1. The molecule has 0 saturated heterocycles. The molecule has 0 fully saturated rings. The minimum atomic E-state index is 0.0515. The van der Waals surface area contributed by atoms with Crippen molar-refractivity contribution in [2.45, 2.75) is 26.9 Å². The topological polar surface area (TPSA) is 34.9 Å². The summed E-state index contributed by atoms with van der Waals surface area (Å²) in [6.07, 6.45) is 1.69. The minimum absolute atomic E-state index is 0.0515. The average molecular weight is 336 g/mol. The van der Waals surface area contributed by atoms with E-state index in [0.29, 0.717) is 11.9 Å². The highest BCUT2D eigenvalue weighted by Crippen LogP contribution is 2.15. The summed E-state index contributed by atoms with van der Waals surface area (Å²) in [5.74, 6) is 0. The van der Waals surface area contributed by atoms with Crippen LogP contribution in [0, 0.1) is 0 Å². The number of benzene rings is 2. The van der Waals surface area contributed by atoms with E-state index < -0.39 is 0 Å². The van der Waals surface area contributed by atoms with Crippen LogP contribution in [-0.4, -0.2) is 33.7 Å². The zero-order valence-corrected chi connectivity index (χ0v) is 15.1. The van der Waals surface area contributed by atoms with Gasteiger partial charge in [-0.15, -0.1) is 0 Å². The maximum Gasteiger partial charge on any atom is 0.261 e. The lowest BCUT2D eigenvalue weighted by atomic mass is 10.1. The van der Waals surface area contributed by atoms with Crippen LogP contribution in [0.25, 0.3) is 10.9 Å². The Balaban J connectivity index is 1.82. The molecule has 4 heteroatoms. The van der Waals surface area contributed by atoms with Gasteiger partial charge in [-0.3, -0.25) is 9.36 Å². The van der Waals surface area contributed by atoms with Crippen molar-refractivity contribution >= 4 is 10.9 Å². The second-order valence-corrected chi connectivity index (χ2v) is 6.60. The molecule has 2 aromatic carbocycles. The van der Waals surface area contributed by atoms with Crippen LogP contribution < -0.4 is 5.56 Å². The third kappa shape index (κ3) is 3.80. The highest BCUT2D eigenvalue weighted by molar-refractivity contribution is 5.76. The molecule has 0 atom stereocenters. The number of aromatic nitrogens is 2. The number of likely N-dealkylation sites (N-methyl/N-ethyl adjacent to an activating group) is 1. The predicted octanol–water partition coefficient (Wildman–Crippen LogP) is 3.45. The summed E-state index contributed by atoms with van der Waals surface area (Å²) in [6.45, 7) is 9.14. The standard InChI is InChI=1S/C21H26N3O/c1-3-24(4-2,16-18-10-6-5-7-11-18)15-14-23-17-22-20-13-9-8-12-19(20)21(23)25/h5-13,17H,3-4,14-16H2,1-2H3/q+1. The lowest BCUT2D eigenvalue weighted by Crippen LogP contribution is -2.49. The van der Waals surface area contributed by atoms with E-state index in [1.807, 2.05) is 24.3 Å². The van der Waals surface area contributed by atoms with Crippen molar-refractivity contribution in [3.8, 4) is 0 Å². The molecule has 25 heavy (non-hydrogen) atoms. The second kappa shape index (κ2) is 7.62. The predicted molar refractivity (Wildman–Crippen MR) is 102 cm³/mol. The van der Waals surface area contributed by atoms with Gasteiger partial charge < -0.3 is 4.48 Å². The molecule has 0 saturated carbocycles. The van der Waals surface area contributed by atoms with Gasteiger partial charge in [0.25, 0.3) is 5.56 Å². The van der Waals surface area contributed by atoms with Crippen LogP contribution in [0.4, 0.5) is 0 Å². The highest BCUT2D eigenvalue weighted by Gasteiger charge is 2.23. The molecule has 0 amide bonds. The number of rotatable bonds is 7. The van der Waals surface area contributed by atoms with Gasteiger partial charge in [0.05, 0.1) is 43.4 Å². The van der Waals surface area contributed by atoms with Crippen LogP contribution in [0.3, 0.4) is 0 Å². The fourth-order valence-corrected chi connectivity index (χ4v) is 3.40. The summed E-state index contributed by atoms with van der Waals surface area (Å²) >= 11 is 0. The molecular formula is C21H26N3O+. The normalized spacial score (nSPS) is 11.8. The molecule has 0 radical (unpaired) electrons. The number of nitrogens with zero attached hydrogens (tertiary/aromatic N) is 3. The van der Waals surface area contributed by atoms with Crippen LogP contribution in [0.2, 0.25) is 0 Å². The Bertz CT molecular complexity index is 882. The molecule has 0 unspecified atom stereocenters. The third-order valence-corrected chi connectivity index (χ3v) is 5.25. The molecule has 0 spiro atoms. The van der Waals surface area contributed by atoms with Gasteiger partial charge in [-0.2, -0.15) is 0 Å². The maximum absolute atomic E-state index is 12.7. The summed E-state index contributed by atoms with van der Waals surface area (Å²) in [7, 11) is 0. The first-order valence-electron chi connectivity index (χ1n) is 9.00. The fourth-order valence-electron chi connectivity index (χ4n) is 3.40. The molecular weight excluding hydrogens is 310 g/mol. The summed E-state index contributed by atoms with van der Waals surface area (Å²) in [5, 5.41) is 0.694. The lowest BCUT2D eigenvalue weighted by molar-refractivity contribution is -0.938.